The Balaban J connectivity index is 1.37. The molecule has 1 heterocycles. The van der Waals surface area contributed by atoms with E-state index in [1.807, 2.05) is 7.05 Å². The van der Waals surface area contributed by atoms with Gasteiger partial charge in [0.15, 0.2) is 23.7 Å². The third kappa shape index (κ3) is 4.05. The second-order valence-electron chi connectivity index (χ2n) is 10.2. The number of carbonyl (C=O) groups excluding carboxylic acids is 1. The number of halogens is 4. The molecule has 11 heteroatoms. The SMILES string of the molecule is CN(Cc1ccc(O)c(F)c1)C12CC(C3=N[C@@H](C(=O)NCC(O)C(F)(F)F)C(C)(C)N3)(C1)C2. The maximum atomic E-state index is 13.6. The summed E-state index contributed by atoms with van der Waals surface area (Å²) >= 11 is 0. The molecule has 2 bridgehead atoms. The quantitative estimate of drug-likeness (QED) is 0.456. The number of alkyl halides is 3. The number of aromatic hydroxyl groups is 1. The smallest absolute Gasteiger partial charge is 0.416 e. The van der Waals surface area contributed by atoms with Crippen molar-refractivity contribution >= 4 is 11.7 Å². The van der Waals surface area contributed by atoms with Crippen LogP contribution in [0.4, 0.5) is 17.6 Å². The fraction of sp³-hybridized carbons (Fsp3) is 0.636. The number of hydrogen-bond donors (Lipinski definition) is 4. The molecule has 0 saturated heterocycles. The monoisotopic (exact) mass is 472 g/mol. The summed E-state index contributed by atoms with van der Waals surface area (Å²) in [5.74, 6) is -1.02. The van der Waals surface area contributed by atoms with Crippen LogP contribution in [0.1, 0.15) is 38.7 Å². The van der Waals surface area contributed by atoms with Crippen LogP contribution in [0.25, 0.3) is 0 Å². The van der Waals surface area contributed by atoms with Crippen LogP contribution < -0.4 is 10.6 Å². The molecule has 3 aliphatic carbocycles. The van der Waals surface area contributed by atoms with Crippen molar-refractivity contribution in [3.05, 3.63) is 29.6 Å². The van der Waals surface area contributed by atoms with Crippen molar-refractivity contribution in [1.29, 1.82) is 0 Å². The van der Waals surface area contributed by atoms with Crippen LogP contribution in [-0.2, 0) is 11.3 Å². The molecule has 1 aliphatic heterocycles. The van der Waals surface area contributed by atoms with Gasteiger partial charge in [0.05, 0.1) is 12.1 Å². The van der Waals surface area contributed by atoms with Crippen molar-refractivity contribution in [1.82, 2.24) is 15.5 Å². The number of amides is 1. The number of aliphatic hydroxyl groups is 1. The van der Waals surface area contributed by atoms with Gasteiger partial charge in [-0.15, -0.1) is 0 Å². The summed E-state index contributed by atoms with van der Waals surface area (Å²) in [6, 6.07) is 3.42. The molecular weight excluding hydrogens is 444 g/mol. The van der Waals surface area contributed by atoms with Crippen molar-refractivity contribution in [2.75, 3.05) is 13.6 Å². The third-order valence-corrected chi connectivity index (χ3v) is 7.22. The van der Waals surface area contributed by atoms with E-state index >= 15 is 0 Å². The number of nitrogens with one attached hydrogen (secondary N) is 2. The Morgan fingerprint density at radius 1 is 1.33 bits per heavy atom. The van der Waals surface area contributed by atoms with E-state index in [0.29, 0.717) is 12.4 Å². The predicted molar refractivity (Wildman–Crippen MR) is 112 cm³/mol. The lowest BCUT2D eigenvalue weighted by atomic mass is 9.38. The van der Waals surface area contributed by atoms with Crippen LogP contribution >= 0.6 is 0 Å². The van der Waals surface area contributed by atoms with Crippen molar-refractivity contribution in [3.8, 4) is 5.75 Å². The highest BCUT2D eigenvalue weighted by molar-refractivity contribution is 5.98. The van der Waals surface area contributed by atoms with Crippen molar-refractivity contribution < 1.29 is 32.6 Å². The van der Waals surface area contributed by atoms with Gasteiger partial charge in [0.1, 0.15) is 5.84 Å². The second-order valence-corrected chi connectivity index (χ2v) is 10.2. The van der Waals surface area contributed by atoms with Crippen LogP contribution in [0.15, 0.2) is 23.2 Å². The number of rotatable bonds is 7. The van der Waals surface area contributed by atoms with Crippen LogP contribution in [0.5, 0.6) is 5.75 Å². The largest absolute Gasteiger partial charge is 0.505 e. The molecular formula is C22H28F4N4O3. The summed E-state index contributed by atoms with van der Waals surface area (Å²) in [6.07, 6.45) is -5.01. The molecule has 1 unspecified atom stereocenters. The lowest BCUT2D eigenvalue weighted by Crippen LogP contribution is -2.77. The fourth-order valence-corrected chi connectivity index (χ4v) is 5.24. The maximum absolute atomic E-state index is 13.6. The molecule has 0 aromatic heterocycles. The van der Waals surface area contributed by atoms with Gasteiger partial charge in [-0.2, -0.15) is 13.2 Å². The van der Waals surface area contributed by atoms with Gasteiger partial charge in [0.2, 0.25) is 5.91 Å². The summed E-state index contributed by atoms with van der Waals surface area (Å²) in [5.41, 5.74) is -0.283. The lowest BCUT2D eigenvalue weighted by Gasteiger charge is -2.73. The number of aliphatic imine (C=N–C) groups is 1. The Kier molecular flexibility index (Phi) is 5.44. The van der Waals surface area contributed by atoms with Crippen LogP contribution in [-0.4, -0.2) is 69.8 Å². The Hall–Kier alpha value is -2.40. The van der Waals surface area contributed by atoms with Gasteiger partial charge in [-0.05, 0) is 57.9 Å². The van der Waals surface area contributed by atoms with Gasteiger partial charge in [-0.3, -0.25) is 14.7 Å². The van der Waals surface area contributed by atoms with E-state index in [2.05, 4.69) is 20.5 Å². The van der Waals surface area contributed by atoms with Crippen LogP contribution in [0.3, 0.4) is 0 Å². The van der Waals surface area contributed by atoms with E-state index in [9.17, 15) is 27.5 Å². The molecule has 0 radical (unpaired) electrons. The molecule has 5 rings (SSSR count). The molecule has 2 atom stereocenters. The van der Waals surface area contributed by atoms with Gasteiger partial charge in [0.25, 0.3) is 0 Å². The molecule has 182 valence electrons. The summed E-state index contributed by atoms with van der Waals surface area (Å²) in [6.45, 7) is 3.13. The first-order chi connectivity index (χ1) is 15.2. The van der Waals surface area contributed by atoms with Crippen molar-refractivity contribution in [3.63, 3.8) is 0 Å². The Labute approximate surface area is 188 Å². The zero-order valence-corrected chi connectivity index (χ0v) is 18.6. The van der Waals surface area contributed by atoms with Crippen LogP contribution in [0.2, 0.25) is 0 Å². The van der Waals surface area contributed by atoms with E-state index in [0.717, 1.165) is 24.8 Å². The zero-order valence-electron chi connectivity index (χ0n) is 18.6. The van der Waals surface area contributed by atoms with Gasteiger partial charge in [-0.1, -0.05) is 6.07 Å². The van der Waals surface area contributed by atoms with Gasteiger partial charge in [-0.25, -0.2) is 4.39 Å². The molecule has 3 fully saturated rings. The molecule has 1 aromatic rings. The molecule has 1 amide bonds. The first-order valence-electron chi connectivity index (χ1n) is 10.8. The summed E-state index contributed by atoms with van der Waals surface area (Å²) in [7, 11) is 1.96. The number of amidine groups is 1. The van der Waals surface area contributed by atoms with Gasteiger partial charge in [0, 0.05) is 17.5 Å². The van der Waals surface area contributed by atoms with E-state index in [-0.39, 0.29) is 16.7 Å². The molecule has 7 nitrogen and oxygen atoms in total. The first kappa shape index (κ1) is 23.7. The van der Waals surface area contributed by atoms with Gasteiger partial charge >= 0.3 is 6.18 Å². The average molecular weight is 472 g/mol. The van der Waals surface area contributed by atoms with Crippen molar-refractivity contribution in [2.45, 2.75) is 69.1 Å². The average Bonchev–Trinajstić information content (AvgIpc) is 2.94. The first-order valence-corrected chi connectivity index (χ1v) is 10.8. The second kappa shape index (κ2) is 7.56. The molecule has 33 heavy (non-hydrogen) atoms. The molecule has 4 aliphatic rings. The Morgan fingerprint density at radius 3 is 2.55 bits per heavy atom. The van der Waals surface area contributed by atoms with Crippen LogP contribution in [0, 0.1) is 11.2 Å². The summed E-state index contributed by atoms with van der Waals surface area (Å²) < 4.78 is 51.2. The highest BCUT2D eigenvalue weighted by Crippen LogP contribution is 2.70. The number of carbonyl (C=O) groups is 1. The van der Waals surface area contributed by atoms with E-state index in [4.69, 9.17) is 5.11 Å². The number of hydrogen-bond acceptors (Lipinski definition) is 6. The minimum Gasteiger partial charge on any atom is -0.505 e. The topological polar surface area (TPSA) is 97.2 Å². The molecule has 3 saturated carbocycles. The van der Waals surface area contributed by atoms with Crippen molar-refractivity contribution in [2.24, 2.45) is 10.4 Å². The number of nitrogens with zero attached hydrogens (tertiary/aromatic N) is 2. The molecule has 1 aromatic carbocycles. The number of benzene rings is 1. The number of phenols is 1. The summed E-state index contributed by atoms with van der Waals surface area (Å²) in [5, 5.41) is 23.9. The minimum absolute atomic E-state index is 0.0557. The fourth-order valence-electron chi connectivity index (χ4n) is 5.24. The summed E-state index contributed by atoms with van der Waals surface area (Å²) in [4.78, 5) is 19.2. The molecule has 0 spiro atoms. The highest BCUT2D eigenvalue weighted by atomic mass is 19.4. The Morgan fingerprint density at radius 2 is 1.97 bits per heavy atom. The minimum atomic E-state index is -4.80. The number of aliphatic hydroxyl groups excluding tert-OH is 1. The van der Waals surface area contributed by atoms with E-state index < -0.39 is 42.1 Å². The highest BCUT2D eigenvalue weighted by Gasteiger charge is 2.72. The third-order valence-electron chi connectivity index (χ3n) is 7.22. The zero-order chi connectivity index (χ0) is 24.4. The van der Waals surface area contributed by atoms with Gasteiger partial charge < -0.3 is 20.8 Å². The predicted octanol–water partition coefficient (Wildman–Crippen LogP) is 2.07. The van der Waals surface area contributed by atoms with E-state index in [1.54, 1.807) is 19.9 Å². The molecule has 4 N–H and O–H groups in total. The lowest BCUT2D eigenvalue weighted by molar-refractivity contribution is -0.201. The standard InChI is InChI=1S/C22H28F4N4O3/c1-19(2)16(17(33)27-7-15(32)22(24,25)26)28-18(29-19)20-9-21(10-20,11-20)30(3)8-12-4-5-14(31)13(23)6-12/h4-6,15-16,31-32H,7-11H2,1-3H3,(H,27,33)(H,28,29)/t15?,16-,20?,21?/m0/s1. The number of phenolic OH excluding ortho intramolecular Hbond substituents is 1. The maximum Gasteiger partial charge on any atom is 0.416 e. The Bertz CT molecular complexity index is 975. The van der Waals surface area contributed by atoms with E-state index in [1.165, 1.54) is 12.1 Å². The normalized spacial score (nSPS) is 30.7.